The van der Waals surface area contributed by atoms with Gasteiger partial charge in [-0.2, -0.15) is 0 Å². The van der Waals surface area contributed by atoms with Crippen LogP contribution in [0.4, 0.5) is 0 Å². The van der Waals surface area contributed by atoms with Crippen LogP contribution in [0.25, 0.3) is 6.08 Å². The number of ether oxygens (including phenoxy) is 2. The van der Waals surface area contributed by atoms with Crippen molar-refractivity contribution in [3.63, 3.8) is 0 Å². The van der Waals surface area contributed by atoms with Crippen LogP contribution in [0, 0.1) is 0 Å². The molecule has 0 unspecified atom stereocenters. The number of hydrogen-bond donors (Lipinski definition) is 1. The largest absolute Gasteiger partial charge is 0.497 e. The van der Waals surface area contributed by atoms with Crippen molar-refractivity contribution in [1.29, 1.82) is 0 Å². The molecule has 0 aromatic heterocycles. The van der Waals surface area contributed by atoms with Gasteiger partial charge in [0.1, 0.15) is 11.5 Å². The summed E-state index contributed by atoms with van der Waals surface area (Å²) in [5, 5.41) is 3.28. The van der Waals surface area contributed by atoms with Gasteiger partial charge in [-0.15, -0.1) is 0 Å². The van der Waals surface area contributed by atoms with Gasteiger partial charge in [-0.25, -0.2) is 0 Å². The molecule has 1 rings (SSSR count). The van der Waals surface area contributed by atoms with E-state index in [1.54, 1.807) is 14.2 Å². The van der Waals surface area contributed by atoms with Crippen LogP contribution in [0.15, 0.2) is 24.3 Å². The fourth-order valence-corrected chi connectivity index (χ4v) is 1.51. The van der Waals surface area contributed by atoms with Crippen LogP contribution in [0.5, 0.6) is 11.5 Å². The van der Waals surface area contributed by atoms with E-state index in [2.05, 4.69) is 24.4 Å². The molecule has 3 nitrogen and oxygen atoms in total. The summed E-state index contributed by atoms with van der Waals surface area (Å²) in [5.41, 5.74) is 1.10. The molecular formula is C14H21NO2. The van der Waals surface area contributed by atoms with Gasteiger partial charge in [0, 0.05) is 6.07 Å². The lowest BCUT2D eigenvalue weighted by molar-refractivity contribution is 0.394. The summed E-state index contributed by atoms with van der Waals surface area (Å²) in [6, 6.07) is 5.86. The van der Waals surface area contributed by atoms with Gasteiger partial charge in [0.25, 0.3) is 0 Å². The van der Waals surface area contributed by atoms with Crippen molar-refractivity contribution >= 4 is 6.08 Å². The molecule has 3 heteroatoms. The number of rotatable bonds is 7. The molecule has 0 bridgehead atoms. The Bertz CT molecular complexity index is 339. The van der Waals surface area contributed by atoms with E-state index in [1.165, 1.54) is 0 Å². The summed E-state index contributed by atoms with van der Waals surface area (Å²) in [5.74, 6) is 1.63. The number of methoxy groups -OCH3 is 2. The smallest absolute Gasteiger partial charge is 0.123 e. The van der Waals surface area contributed by atoms with Crippen molar-refractivity contribution < 1.29 is 9.47 Å². The Kier molecular flexibility index (Phi) is 6.18. The monoisotopic (exact) mass is 235 g/mol. The summed E-state index contributed by atoms with van der Waals surface area (Å²) >= 11 is 0. The van der Waals surface area contributed by atoms with Crippen LogP contribution in [-0.2, 0) is 0 Å². The van der Waals surface area contributed by atoms with Gasteiger partial charge in [0.05, 0.1) is 14.2 Å². The Morgan fingerprint density at radius 1 is 1.12 bits per heavy atom. The Balaban J connectivity index is 2.62. The lowest BCUT2D eigenvalue weighted by atomic mass is 10.1. The minimum atomic E-state index is 0.815. The second kappa shape index (κ2) is 7.74. The van der Waals surface area contributed by atoms with Crippen molar-refractivity contribution in [3.8, 4) is 11.5 Å². The fraction of sp³-hybridized carbons (Fsp3) is 0.429. The first kappa shape index (κ1) is 13.6. The standard InChI is InChI=1S/C14H21NO2/c1-4-15-8-6-5-7-12-9-13(16-2)11-14(10-12)17-3/h5,7,9-11,15H,4,6,8H2,1-3H3. The molecule has 0 aliphatic rings. The maximum atomic E-state index is 5.22. The molecule has 94 valence electrons. The van der Waals surface area contributed by atoms with Gasteiger partial charge in [-0.3, -0.25) is 0 Å². The first-order valence-corrected chi connectivity index (χ1v) is 5.90. The summed E-state index contributed by atoms with van der Waals surface area (Å²) in [7, 11) is 3.32. The van der Waals surface area contributed by atoms with Crippen molar-refractivity contribution in [3.05, 3.63) is 29.8 Å². The highest BCUT2D eigenvalue weighted by molar-refractivity contribution is 5.55. The molecule has 0 atom stereocenters. The zero-order valence-corrected chi connectivity index (χ0v) is 10.8. The average Bonchev–Trinajstić information content (AvgIpc) is 2.38. The molecule has 17 heavy (non-hydrogen) atoms. The van der Waals surface area contributed by atoms with Gasteiger partial charge in [-0.1, -0.05) is 19.1 Å². The Hall–Kier alpha value is -1.48. The molecule has 1 N–H and O–H groups in total. The molecule has 0 amide bonds. The predicted octanol–water partition coefficient (Wildman–Crippen LogP) is 2.72. The summed E-state index contributed by atoms with van der Waals surface area (Å²) in [6.07, 6.45) is 5.26. The van der Waals surface area contributed by atoms with Crippen LogP contribution in [0.3, 0.4) is 0 Å². The number of benzene rings is 1. The molecule has 0 aliphatic carbocycles. The number of hydrogen-bond acceptors (Lipinski definition) is 3. The van der Waals surface area contributed by atoms with Crippen LogP contribution >= 0.6 is 0 Å². The van der Waals surface area contributed by atoms with Gasteiger partial charge >= 0.3 is 0 Å². The molecular weight excluding hydrogens is 214 g/mol. The summed E-state index contributed by atoms with van der Waals surface area (Å²) in [6.45, 7) is 4.13. The SMILES string of the molecule is CCNCCC=Cc1cc(OC)cc(OC)c1. The zero-order valence-electron chi connectivity index (χ0n) is 10.8. The molecule has 0 fully saturated rings. The van der Waals surface area contributed by atoms with Gasteiger partial charge in [-0.05, 0) is 37.2 Å². The first-order chi connectivity index (χ1) is 8.30. The maximum absolute atomic E-state index is 5.22. The Morgan fingerprint density at radius 2 is 1.76 bits per heavy atom. The third-order valence-corrected chi connectivity index (χ3v) is 2.42. The van der Waals surface area contributed by atoms with Crippen molar-refractivity contribution in [2.24, 2.45) is 0 Å². The van der Waals surface area contributed by atoms with Gasteiger partial charge in [0.15, 0.2) is 0 Å². The van der Waals surface area contributed by atoms with E-state index in [0.29, 0.717) is 0 Å². The minimum Gasteiger partial charge on any atom is -0.497 e. The molecule has 0 heterocycles. The van der Waals surface area contributed by atoms with Crippen LogP contribution < -0.4 is 14.8 Å². The molecule has 0 radical (unpaired) electrons. The number of nitrogens with one attached hydrogen (secondary N) is 1. The normalized spacial score (nSPS) is 10.8. The molecule has 0 spiro atoms. The van der Waals surface area contributed by atoms with Crippen LogP contribution in [0.2, 0.25) is 0 Å². The zero-order chi connectivity index (χ0) is 12.5. The van der Waals surface area contributed by atoms with Crippen molar-refractivity contribution in [2.45, 2.75) is 13.3 Å². The van der Waals surface area contributed by atoms with E-state index in [9.17, 15) is 0 Å². The summed E-state index contributed by atoms with van der Waals surface area (Å²) in [4.78, 5) is 0. The van der Waals surface area contributed by atoms with E-state index in [4.69, 9.17) is 9.47 Å². The molecule has 1 aromatic carbocycles. The van der Waals surface area contributed by atoms with E-state index >= 15 is 0 Å². The van der Waals surface area contributed by atoms with E-state index < -0.39 is 0 Å². The molecule has 0 saturated heterocycles. The van der Waals surface area contributed by atoms with Gasteiger partial charge < -0.3 is 14.8 Å². The highest BCUT2D eigenvalue weighted by atomic mass is 16.5. The van der Waals surface area contributed by atoms with E-state index in [-0.39, 0.29) is 0 Å². The second-order valence-corrected chi connectivity index (χ2v) is 3.69. The molecule has 1 aromatic rings. The van der Waals surface area contributed by atoms with E-state index in [1.807, 2.05) is 18.2 Å². The highest BCUT2D eigenvalue weighted by Gasteiger charge is 1.98. The lowest BCUT2D eigenvalue weighted by Gasteiger charge is -2.05. The van der Waals surface area contributed by atoms with Crippen LogP contribution in [-0.4, -0.2) is 27.3 Å². The molecule has 0 aliphatic heterocycles. The minimum absolute atomic E-state index is 0.815. The van der Waals surface area contributed by atoms with Crippen molar-refractivity contribution in [1.82, 2.24) is 5.32 Å². The third kappa shape index (κ3) is 4.91. The van der Waals surface area contributed by atoms with Gasteiger partial charge in [0.2, 0.25) is 0 Å². The second-order valence-electron chi connectivity index (χ2n) is 3.69. The topological polar surface area (TPSA) is 30.5 Å². The maximum Gasteiger partial charge on any atom is 0.123 e. The third-order valence-electron chi connectivity index (χ3n) is 2.42. The highest BCUT2D eigenvalue weighted by Crippen LogP contribution is 2.23. The molecule has 0 saturated carbocycles. The predicted molar refractivity (Wildman–Crippen MR) is 71.7 cm³/mol. The Morgan fingerprint density at radius 3 is 2.29 bits per heavy atom. The fourth-order valence-electron chi connectivity index (χ4n) is 1.51. The summed E-state index contributed by atoms with van der Waals surface area (Å²) < 4.78 is 10.4. The average molecular weight is 235 g/mol. The van der Waals surface area contributed by atoms with Crippen LogP contribution in [0.1, 0.15) is 18.9 Å². The van der Waals surface area contributed by atoms with Crippen molar-refractivity contribution in [2.75, 3.05) is 27.3 Å². The first-order valence-electron chi connectivity index (χ1n) is 5.90. The lowest BCUT2D eigenvalue weighted by Crippen LogP contribution is -2.12. The van der Waals surface area contributed by atoms with E-state index in [0.717, 1.165) is 36.6 Å². The Labute approximate surface area is 103 Å². The quantitative estimate of drug-likeness (QED) is 0.737.